The third-order valence-electron chi connectivity index (χ3n) is 2.97. The van der Waals surface area contributed by atoms with Crippen molar-refractivity contribution in [1.82, 2.24) is 15.5 Å². The fourth-order valence-corrected chi connectivity index (χ4v) is 4.56. The van der Waals surface area contributed by atoms with Gasteiger partial charge >= 0.3 is 0 Å². The van der Waals surface area contributed by atoms with Gasteiger partial charge in [-0.3, -0.25) is 9.89 Å². The van der Waals surface area contributed by atoms with Crippen LogP contribution in [-0.4, -0.2) is 45.2 Å². The number of aromatic amines is 1. The van der Waals surface area contributed by atoms with E-state index in [1.54, 1.807) is 0 Å². The summed E-state index contributed by atoms with van der Waals surface area (Å²) in [5.41, 5.74) is 7.61. The van der Waals surface area contributed by atoms with Crippen molar-refractivity contribution in [2.45, 2.75) is 25.0 Å². The van der Waals surface area contributed by atoms with Crippen LogP contribution in [0.4, 0.5) is 5.69 Å². The average molecular weight is 300 g/mol. The molecule has 2 heterocycles. The first-order valence-electron chi connectivity index (χ1n) is 6.52. The van der Waals surface area contributed by atoms with Crippen LogP contribution in [0.3, 0.4) is 0 Å². The summed E-state index contributed by atoms with van der Waals surface area (Å²) in [6.07, 6.45) is 1.80. The molecule has 0 aliphatic carbocycles. The Kier molecular flexibility index (Phi) is 5.45. The Morgan fingerprint density at radius 2 is 2.42 bits per heavy atom. The summed E-state index contributed by atoms with van der Waals surface area (Å²) in [7, 11) is 0. The highest BCUT2D eigenvalue weighted by Gasteiger charge is 2.19. The van der Waals surface area contributed by atoms with Crippen LogP contribution in [0.2, 0.25) is 0 Å². The molecule has 0 bridgehead atoms. The van der Waals surface area contributed by atoms with Crippen molar-refractivity contribution in [1.29, 1.82) is 0 Å². The number of nitrogens with zero attached hydrogens (tertiary/aromatic N) is 1. The van der Waals surface area contributed by atoms with Crippen LogP contribution in [0.1, 0.15) is 29.5 Å². The van der Waals surface area contributed by atoms with Gasteiger partial charge in [-0.15, -0.1) is 0 Å². The lowest BCUT2D eigenvalue weighted by Gasteiger charge is -2.20. The average Bonchev–Trinajstić information content (AvgIpc) is 2.79. The maximum absolute atomic E-state index is 12.0. The van der Waals surface area contributed by atoms with Crippen LogP contribution in [0.5, 0.6) is 0 Å². The Labute approximate surface area is 121 Å². The van der Waals surface area contributed by atoms with Crippen LogP contribution < -0.4 is 11.1 Å². The van der Waals surface area contributed by atoms with Gasteiger partial charge in [-0.2, -0.15) is 28.6 Å². The second-order valence-electron chi connectivity index (χ2n) is 4.49. The highest BCUT2D eigenvalue weighted by molar-refractivity contribution is 8.06. The Morgan fingerprint density at radius 1 is 1.58 bits per heavy atom. The second kappa shape index (κ2) is 7.09. The Balaban J connectivity index is 1.88. The van der Waals surface area contributed by atoms with E-state index in [0.717, 1.165) is 30.0 Å². The first-order chi connectivity index (χ1) is 9.22. The topological polar surface area (TPSA) is 83.8 Å². The molecule has 19 heavy (non-hydrogen) atoms. The number of anilines is 1. The molecule has 1 aromatic rings. The Morgan fingerprint density at radius 3 is 3.11 bits per heavy atom. The van der Waals surface area contributed by atoms with Crippen molar-refractivity contribution in [3.05, 3.63) is 11.4 Å². The molecule has 0 saturated carbocycles. The summed E-state index contributed by atoms with van der Waals surface area (Å²) in [6, 6.07) is 0. The minimum Gasteiger partial charge on any atom is -0.395 e. The zero-order chi connectivity index (χ0) is 13.7. The zero-order valence-corrected chi connectivity index (χ0v) is 12.7. The van der Waals surface area contributed by atoms with Gasteiger partial charge in [0, 0.05) is 29.1 Å². The smallest absolute Gasteiger partial charge is 0.273 e. The lowest BCUT2D eigenvalue weighted by molar-refractivity contribution is 0.0950. The van der Waals surface area contributed by atoms with E-state index in [0.29, 0.717) is 23.2 Å². The van der Waals surface area contributed by atoms with Crippen molar-refractivity contribution in [3.63, 3.8) is 0 Å². The molecular weight excluding hydrogens is 280 g/mol. The number of hydrogen-bond donors (Lipinski definition) is 3. The molecule has 0 radical (unpaired) electrons. The monoisotopic (exact) mass is 300 g/mol. The minimum absolute atomic E-state index is 0.174. The van der Waals surface area contributed by atoms with Crippen molar-refractivity contribution >= 4 is 35.1 Å². The molecule has 1 saturated heterocycles. The molecule has 0 aromatic carbocycles. The SMILES string of the molecule is CCCc1[nH]nc(C(=O)NCC2CSCCS2)c1N. The number of amides is 1. The van der Waals surface area contributed by atoms with Gasteiger partial charge in [0.1, 0.15) is 0 Å². The van der Waals surface area contributed by atoms with Gasteiger partial charge in [-0.05, 0) is 6.42 Å². The lowest BCUT2D eigenvalue weighted by atomic mass is 10.2. The van der Waals surface area contributed by atoms with Crippen molar-refractivity contribution in [3.8, 4) is 0 Å². The summed E-state index contributed by atoms with van der Waals surface area (Å²) in [5.74, 6) is 3.30. The third kappa shape index (κ3) is 3.82. The van der Waals surface area contributed by atoms with Crippen molar-refractivity contribution < 1.29 is 4.79 Å². The number of aryl methyl sites for hydroxylation is 1. The van der Waals surface area contributed by atoms with E-state index in [-0.39, 0.29) is 5.91 Å². The number of aromatic nitrogens is 2. The quantitative estimate of drug-likeness (QED) is 0.768. The van der Waals surface area contributed by atoms with E-state index in [9.17, 15) is 4.79 Å². The van der Waals surface area contributed by atoms with Crippen LogP contribution in [0.25, 0.3) is 0 Å². The van der Waals surface area contributed by atoms with Gasteiger partial charge in [-0.1, -0.05) is 13.3 Å². The number of carbonyl (C=O) groups excluding carboxylic acids is 1. The molecule has 5 nitrogen and oxygen atoms in total. The molecule has 1 unspecified atom stereocenters. The number of thioether (sulfide) groups is 2. The molecule has 1 aliphatic rings. The molecule has 1 atom stereocenters. The van der Waals surface area contributed by atoms with E-state index in [2.05, 4.69) is 22.4 Å². The Bertz CT molecular complexity index is 429. The first-order valence-corrected chi connectivity index (χ1v) is 8.73. The molecule has 4 N–H and O–H groups in total. The first kappa shape index (κ1) is 14.6. The van der Waals surface area contributed by atoms with E-state index >= 15 is 0 Å². The van der Waals surface area contributed by atoms with E-state index < -0.39 is 0 Å². The van der Waals surface area contributed by atoms with Crippen LogP contribution in [-0.2, 0) is 6.42 Å². The summed E-state index contributed by atoms with van der Waals surface area (Å²) < 4.78 is 0. The van der Waals surface area contributed by atoms with Gasteiger partial charge in [0.05, 0.1) is 11.4 Å². The highest BCUT2D eigenvalue weighted by atomic mass is 32.2. The van der Waals surface area contributed by atoms with E-state index in [1.165, 1.54) is 5.75 Å². The Hall–Kier alpha value is -0.820. The molecule has 2 rings (SSSR count). The molecule has 0 spiro atoms. The maximum Gasteiger partial charge on any atom is 0.273 e. The molecule has 1 aliphatic heterocycles. The highest BCUT2D eigenvalue weighted by Crippen LogP contribution is 2.23. The number of nitrogens with two attached hydrogens (primary N) is 1. The fourth-order valence-electron chi connectivity index (χ4n) is 1.95. The van der Waals surface area contributed by atoms with Crippen molar-refractivity contribution in [2.75, 3.05) is 29.5 Å². The van der Waals surface area contributed by atoms with Gasteiger partial charge in [0.2, 0.25) is 0 Å². The van der Waals surface area contributed by atoms with Crippen molar-refractivity contribution in [2.24, 2.45) is 0 Å². The summed E-state index contributed by atoms with van der Waals surface area (Å²) in [4.78, 5) is 12.0. The number of hydrogen-bond acceptors (Lipinski definition) is 5. The lowest BCUT2D eigenvalue weighted by Crippen LogP contribution is -2.33. The molecular formula is C12H20N4OS2. The van der Waals surface area contributed by atoms with Gasteiger partial charge in [0.25, 0.3) is 5.91 Å². The molecule has 7 heteroatoms. The predicted octanol–water partition coefficient (Wildman–Crippen LogP) is 1.52. The van der Waals surface area contributed by atoms with E-state index in [1.807, 2.05) is 23.5 Å². The zero-order valence-electron chi connectivity index (χ0n) is 11.1. The van der Waals surface area contributed by atoms with E-state index in [4.69, 9.17) is 5.73 Å². The van der Waals surface area contributed by atoms with Gasteiger partial charge in [-0.25, -0.2) is 0 Å². The summed E-state index contributed by atoms with van der Waals surface area (Å²) in [5, 5.41) is 10.3. The number of carbonyl (C=O) groups is 1. The molecule has 106 valence electrons. The predicted molar refractivity (Wildman–Crippen MR) is 82.9 cm³/mol. The van der Waals surface area contributed by atoms with Crippen LogP contribution in [0, 0.1) is 0 Å². The number of nitrogens with one attached hydrogen (secondary N) is 2. The summed E-state index contributed by atoms with van der Waals surface area (Å²) >= 11 is 3.87. The standard InChI is InChI=1S/C12H20N4OS2/c1-2-3-9-10(13)11(16-15-9)12(17)14-6-8-7-18-4-5-19-8/h8H,2-7,13H2,1H3,(H,14,17)(H,15,16). The minimum atomic E-state index is -0.174. The molecule has 1 aromatic heterocycles. The number of nitrogen functional groups attached to an aromatic ring is 1. The maximum atomic E-state index is 12.0. The number of H-pyrrole nitrogens is 1. The molecule has 1 amide bonds. The van der Waals surface area contributed by atoms with Gasteiger partial charge < -0.3 is 11.1 Å². The normalized spacial score (nSPS) is 19.3. The third-order valence-corrected chi connectivity index (χ3v) is 5.82. The fraction of sp³-hybridized carbons (Fsp3) is 0.667. The molecule has 1 fully saturated rings. The largest absolute Gasteiger partial charge is 0.395 e. The summed E-state index contributed by atoms with van der Waals surface area (Å²) in [6.45, 7) is 2.75. The van der Waals surface area contributed by atoms with Gasteiger partial charge in [0.15, 0.2) is 5.69 Å². The second-order valence-corrected chi connectivity index (χ2v) is 7.05. The van der Waals surface area contributed by atoms with Crippen LogP contribution >= 0.6 is 23.5 Å². The number of rotatable bonds is 5. The van der Waals surface area contributed by atoms with Crippen LogP contribution in [0.15, 0.2) is 0 Å².